The molecule has 0 aliphatic carbocycles. The highest BCUT2D eigenvalue weighted by Gasteiger charge is 2.14. The predicted octanol–water partition coefficient (Wildman–Crippen LogP) is 2.76. The molecule has 0 amide bonds. The van der Waals surface area contributed by atoms with Gasteiger partial charge >= 0.3 is 0 Å². The third kappa shape index (κ3) is 3.20. The molecule has 0 radical (unpaired) electrons. The lowest BCUT2D eigenvalue weighted by molar-refractivity contribution is 0.286. The molecule has 122 valence electrons. The number of anilines is 1. The molecule has 6 nitrogen and oxygen atoms in total. The van der Waals surface area contributed by atoms with E-state index in [4.69, 9.17) is 5.10 Å². The largest absolute Gasteiger partial charge is 0.378 e. The molecule has 0 saturated carbocycles. The maximum atomic E-state index is 4.71. The highest BCUT2D eigenvalue weighted by atomic mass is 32.1. The minimum Gasteiger partial charge on any atom is -0.378 e. The summed E-state index contributed by atoms with van der Waals surface area (Å²) in [5.74, 6) is 0.899. The van der Waals surface area contributed by atoms with Crippen LogP contribution in [0.25, 0.3) is 15.5 Å². The third-order valence-electron chi connectivity index (χ3n) is 3.95. The van der Waals surface area contributed by atoms with Gasteiger partial charge in [-0.05, 0) is 37.4 Å². The Balaban J connectivity index is 1.89. The van der Waals surface area contributed by atoms with E-state index >= 15 is 0 Å². The van der Waals surface area contributed by atoms with Crippen molar-refractivity contribution in [1.82, 2.24) is 24.7 Å². The van der Waals surface area contributed by atoms with E-state index in [0.717, 1.165) is 41.0 Å². The average Bonchev–Trinajstić information content (AvgIpc) is 3.14. The molecule has 7 heteroatoms. The van der Waals surface area contributed by atoms with Crippen molar-refractivity contribution in [1.29, 1.82) is 0 Å². The van der Waals surface area contributed by atoms with E-state index in [1.165, 1.54) is 5.69 Å². The molecule has 23 heavy (non-hydrogen) atoms. The monoisotopic (exact) mass is 330 g/mol. The van der Waals surface area contributed by atoms with E-state index in [-0.39, 0.29) is 0 Å². The molecule has 0 bridgehead atoms. The summed E-state index contributed by atoms with van der Waals surface area (Å²) < 4.78 is 1.87. The van der Waals surface area contributed by atoms with E-state index in [2.05, 4.69) is 58.1 Å². The van der Waals surface area contributed by atoms with Crippen LogP contribution in [0.1, 0.15) is 19.7 Å². The van der Waals surface area contributed by atoms with Gasteiger partial charge in [0.05, 0.1) is 6.54 Å². The first-order valence-electron chi connectivity index (χ1n) is 7.83. The van der Waals surface area contributed by atoms with Crippen molar-refractivity contribution in [2.75, 3.05) is 32.1 Å². The van der Waals surface area contributed by atoms with Crippen LogP contribution < -0.4 is 4.90 Å². The summed E-state index contributed by atoms with van der Waals surface area (Å²) in [4.78, 5) is 5.24. The summed E-state index contributed by atoms with van der Waals surface area (Å²) in [6.07, 6.45) is 0. The number of nitrogens with zero attached hydrogens (tertiary/aromatic N) is 6. The van der Waals surface area contributed by atoms with Gasteiger partial charge in [-0.25, -0.2) is 0 Å². The Morgan fingerprint density at radius 2 is 1.74 bits per heavy atom. The second-order valence-electron chi connectivity index (χ2n) is 5.62. The quantitative estimate of drug-likeness (QED) is 0.695. The van der Waals surface area contributed by atoms with Gasteiger partial charge in [0.15, 0.2) is 5.82 Å². The number of rotatable bonds is 6. The molecule has 0 saturated heterocycles. The fourth-order valence-electron chi connectivity index (χ4n) is 2.42. The van der Waals surface area contributed by atoms with Crippen LogP contribution in [0.15, 0.2) is 24.3 Å². The Morgan fingerprint density at radius 1 is 1.04 bits per heavy atom. The maximum absolute atomic E-state index is 4.71. The number of aromatic nitrogens is 4. The molecule has 3 aromatic rings. The lowest BCUT2D eigenvalue weighted by atomic mass is 10.2. The second-order valence-corrected chi connectivity index (χ2v) is 6.58. The van der Waals surface area contributed by atoms with Gasteiger partial charge in [0.2, 0.25) is 4.96 Å². The fraction of sp³-hybridized carbons (Fsp3) is 0.438. The van der Waals surface area contributed by atoms with E-state index < -0.39 is 0 Å². The van der Waals surface area contributed by atoms with Gasteiger partial charge < -0.3 is 4.90 Å². The van der Waals surface area contributed by atoms with Gasteiger partial charge in [0, 0.05) is 25.3 Å². The van der Waals surface area contributed by atoms with Crippen molar-refractivity contribution in [2.45, 2.75) is 20.4 Å². The van der Waals surface area contributed by atoms with Crippen LogP contribution in [0, 0.1) is 0 Å². The van der Waals surface area contributed by atoms with Crippen LogP contribution in [0.2, 0.25) is 0 Å². The van der Waals surface area contributed by atoms with Crippen molar-refractivity contribution in [3.63, 3.8) is 0 Å². The normalized spacial score (nSPS) is 11.5. The topological polar surface area (TPSA) is 49.6 Å². The summed E-state index contributed by atoms with van der Waals surface area (Å²) in [6.45, 7) is 7.07. The Kier molecular flexibility index (Phi) is 4.58. The van der Waals surface area contributed by atoms with Crippen LogP contribution in [0.5, 0.6) is 0 Å². The summed E-state index contributed by atoms with van der Waals surface area (Å²) in [7, 11) is 4.08. The maximum Gasteiger partial charge on any atom is 0.235 e. The first-order chi connectivity index (χ1) is 11.1. The molecule has 0 unspecified atom stereocenters. The van der Waals surface area contributed by atoms with Gasteiger partial charge in [-0.15, -0.1) is 10.2 Å². The van der Waals surface area contributed by atoms with Gasteiger partial charge in [-0.2, -0.15) is 9.61 Å². The van der Waals surface area contributed by atoms with Crippen LogP contribution in [0.3, 0.4) is 0 Å². The highest BCUT2D eigenvalue weighted by molar-refractivity contribution is 7.19. The summed E-state index contributed by atoms with van der Waals surface area (Å²) in [6, 6.07) is 8.42. The van der Waals surface area contributed by atoms with Gasteiger partial charge in [0.1, 0.15) is 5.01 Å². The molecule has 1 aromatic carbocycles. The van der Waals surface area contributed by atoms with Crippen molar-refractivity contribution < 1.29 is 0 Å². The van der Waals surface area contributed by atoms with E-state index in [1.54, 1.807) is 11.3 Å². The highest BCUT2D eigenvalue weighted by Crippen LogP contribution is 2.27. The Labute approximate surface area is 140 Å². The lowest BCUT2D eigenvalue weighted by Crippen LogP contribution is -2.23. The number of hydrogen-bond donors (Lipinski definition) is 0. The molecule has 0 atom stereocenters. The van der Waals surface area contributed by atoms with Gasteiger partial charge in [-0.1, -0.05) is 25.2 Å². The van der Waals surface area contributed by atoms with Crippen molar-refractivity contribution in [3.05, 3.63) is 30.1 Å². The zero-order valence-corrected chi connectivity index (χ0v) is 14.8. The Hall–Kier alpha value is -1.99. The van der Waals surface area contributed by atoms with E-state index in [9.17, 15) is 0 Å². The summed E-state index contributed by atoms with van der Waals surface area (Å²) in [5.41, 5.74) is 2.29. The van der Waals surface area contributed by atoms with Gasteiger partial charge in [0.25, 0.3) is 0 Å². The van der Waals surface area contributed by atoms with Crippen molar-refractivity contribution >= 4 is 22.0 Å². The zero-order chi connectivity index (χ0) is 16.4. The molecular formula is C16H22N6S. The minimum absolute atomic E-state index is 0.775. The predicted molar refractivity (Wildman–Crippen MR) is 95.0 cm³/mol. The molecule has 0 aliphatic heterocycles. The lowest BCUT2D eigenvalue weighted by Gasteiger charge is -2.15. The summed E-state index contributed by atoms with van der Waals surface area (Å²) in [5, 5.41) is 14.2. The molecule has 0 N–H and O–H groups in total. The summed E-state index contributed by atoms with van der Waals surface area (Å²) >= 11 is 1.57. The van der Waals surface area contributed by atoms with Crippen LogP contribution in [0.4, 0.5) is 5.69 Å². The van der Waals surface area contributed by atoms with E-state index in [1.807, 2.05) is 18.6 Å². The number of fused-ring (bicyclic) bond motifs is 1. The van der Waals surface area contributed by atoms with E-state index in [0.29, 0.717) is 0 Å². The molecule has 0 spiro atoms. The number of benzene rings is 1. The standard InChI is InChI=1S/C16H22N6S/c1-5-21(6-2)11-14-17-18-16-22(14)19-15(23-16)12-7-9-13(10-8-12)20(3)4/h7-10H,5-6,11H2,1-4H3. The van der Waals surface area contributed by atoms with Gasteiger partial charge in [-0.3, -0.25) is 4.90 Å². The first-order valence-corrected chi connectivity index (χ1v) is 8.65. The fourth-order valence-corrected chi connectivity index (χ4v) is 3.29. The molecular weight excluding hydrogens is 308 g/mol. The van der Waals surface area contributed by atoms with Crippen LogP contribution in [-0.2, 0) is 6.54 Å². The Bertz CT molecular complexity index is 770. The SMILES string of the molecule is CCN(CC)Cc1nnc2sc(-c3ccc(N(C)C)cc3)nn12. The number of hydrogen-bond acceptors (Lipinski definition) is 6. The molecule has 3 rings (SSSR count). The molecule has 2 aromatic heterocycles. The van der Waals surface area contributed by atoms with Crippen molar-refractivity contribution in [2.24, 2.45) is 0 Å². The Morgan fingerprint density at radius 3 is 2.35 bits per heavy atom. The molecule has 0 aliphatic rings. The first kappa shape index (κ1) is 15.9. The van der Waals surface area contributed by atoms with Crippen molar-refractivity contribution in [3.8, 4) is 10.6 Å². The minimum atomic E-state index is 0.775. The van der Waals surface area contributed by atoms with Crippen LogP contribution >= 0.6 is 11.3 Å². The zero-order valence-electron chi connectivity index (χ0n) is 14.0. The molecule has 2 heterocycles. The third-order valence-corrected chi connectivity index (χ3v) is 4.89. The van der Waals surface area contributed by atoms with Crippen LogP contribution in [-0.4, -0.2) is 51.9 Å². The smallest absolute Gasteiger partial charge is 0.235 e. The average molecular weight is 330 g/mol. The second kappa shape index (κ2) is 6.64. The molecule has 0 fully saturated rings.